The summed E-state index contributed by atoms with van der Waals surface area (Å²) in [6.07, 6.45) is 0. The molecule has 2 atom stereocenters. The molecule has 0 aromatic rings. The molecule has 0 amide bonds. The van der Waals surface area contributed by atoms with E-state index in [0.29, 0.717) is 5.92 Å². The summed E-state index contributed by atoms with van der Waals surface area (Å²) in [6, 6.07) is 2.24. The maximum absolute atomic E-state index is 8.90. The van der Waals surface area contributed by atoms with E-state index < -0.39 is 0 Å². The Hall–Kier alpha value is -0.550. The van der Waals surface area contributed by atoms with E-state index in [9.17, 15) is 0 Å². The monoisotopic (exact) mass is 168 g/mol. The number of hydrogen-bond donors (Lipinski definition) is 1. The summed E-state index contributed by atoms with van der Waals surface area (Å²) in [5, 5.41) is 8.90. The molecular weight excluding hydrogens is 148 g/mol. The standard InChI is InChI=1S/C10H20N2/c1-7(2)8(6-11)9(12)10(3,4)5/h7-9H,12H2,1-5H3. The van der Waals surface area contributed by atoms with Crippen LogP contribution in [0.15, 0.2) is 0 Å². The zero-order chi connectivity index (χ0) is 9.94. The Morgan fingerprint density at radius 1 is 1.25 bits per heavy atom. The van der Waals surface area contributed by atoms with E-state index in [4.69, 9.17) is 11.0 Å². The lowest BCUT2D eigenvalue weighted by molar-refractivity contribution is 0.234. The molecule has 0 bridgehead atoms. The fourth-order valence-corrected chi connectivity index (χ4v) is 1.18. The van der Waals surface area contributed by atoms with Crippen LogP contribution in [-0.4, -0.2) is 6.04 Å². The van der Waals surface area contributed by atoms with Crippen LogP contribution in [0.1, 0.15) is 34.6 Å². The van der Waals surface area contributed by atoms with Crippen LogP contribution in [-0.2, 0) is 0 Å². The Morgan fingerprint density at radius 3 is 1.75 bits per heavy atom. The average Bonchev–Trinajstić information content (AvgIpc) is 1.86. The lowest BCUT2D eigenvalue weighted by atomic mass is 9.76. The summed E-state index contributed by atoms with van der Waals surface area (Å²) in [4.78, 5) is 0. The molecule has 0 radical (unpaired) electrons. The Balaban J connectivity index is 4.46. The van der Waals surface area contributed by atoms with Gasteiger partial charge in [0.05, 0.1) is 12.0 Å². The van der Waals surface area contributed by atoms with Gasteiger partial charge in [0.1, 0.15) is 0 Å². The third kappa shape index (κ3) is 2.83. The zero-order valence-corrected chi connectivity index (χ0v) is 8.76. The van der Waals surface area contributed by atoms with E-state index in [1.165, 1.54) is 0 Å². The van der Waals surface area contributed by atoms with Gasteiger partial charge in [-0.15, -0.1) is 0 Å². The van der Waals surface area contributed by atoms with Crippen molar-refractivity contribution < 1.29 is 0 Å². The molecule has 0 rings (SSSR count). The van der Waals surface area contributed by atoms with Crippen molar-refractivity contribution in [1.82, 2.24) is 0 Å². The maximum Gasteiger partial charge on any atom is 0.0675 e. The van der Waals surface area contributed by atoms with Crippen molar-refractivity contribution in [2.24, 2.45) is 23.0 Å². The molecule has 2 heteroatoms. The maximum atomic E-state index is 8.90. The van der Waals surface area contributed by atoms with Gasteiger partial charge in [0.25, 0.3) is 0 Å². The predicted octanol–water partition coefficient (Wildman–Crippen LogP) is 2.16. The Labute approximate surface area is 75.8 Å². The molecular formula is C10H20N2. The molecule has 2 unspecified atom stereocenters. The molecule has 0 aliphatic rings. The van der Waals surface area contributed by atoms with Crippen molar-refractivity contribution >= 4 is 0 Å². The first kappa shape index (κ1) is 11.4. The Morgan fingerprint density at radius 2 is 1.67 bits per heavy atom. The first-order valence-corrected chi connectivity index (χ1v) is 4.46. The summed E-state index contributed by atoms with van der Waals surface area (Å²) >= 11 is 0. The molecule has 12 heavy (non-hydrogen) atoms. The second kappa shape index (κ2) is 3.91. The highest BCUT2D eigenvalue weighted by atomic mass is 14.7. The van der Waals surface area contributed by atoms with E-state index in [1.807, 2.05) is 13.8 Å². The predicted molar refractivity (Wildman–Crippen MR) is 51.4 cm³/mol. The van der Waals surface area contributed by atoms with Crippen molar-refractivity contribution in [3.05, 3.63) is 0 Å². The van der Waals surface area contributed by atoms with Gasteiger partial charge in [-0.05, 0) is 11.3 Å². The molecule has 70 valence electrons. The van der Waals surface area contributed by atoms with Gasteiger partial charge in [0.15, 0.2) is 0 Å². The lowest BCUT2D eigenvalue weighted by Crippen LogP contribution is -2.43. The summed E-state index contributed by atoms with van der Waals surface area (Å²) in [5.41, 5.74) is 6.00. The first-order chi connectivity index (χ1) is 5.30. The van der Waals surface area contributed by atoms with E-state index in [0.717, 1.165) is 0 Å². The average molecular weight is 168 g/mol. The number of hydrogen-bond acceptors (Lipinski definition) is 2. The van der Waals surface area contributed by atoms with Crippen LogP contribution in [0.25, 0.3) is 0 Å². The van der Waals surface area contributed by atoms with Gasteiger partial charge in [0, 0.05) is 6.04 Å². The molecule has 0 saturated carbocycles. The van der Waals surface area contributed by atoms with Gasteiger partial charge >= 0.3 is 0 Å². The fraction of sp³-hybridized carbons (Fsp3) is 0.900. The van der Waals surface area contributed by atoms with Gasteiger partial charge in [0.2, 0.25) is 0 Å². The van der Waals surface area contributed by atoms with Gasteiger partial charge in [-0.1, -0.05) is 34.6 Å². The smallest absolute Gasteiger partial charge is 0.0675 e. The number of nitrogens with two attached hydrogens (primary N) is 1. The minimum absolute atomic E-state index is 0.0185. The molecule has 2 N–H and O–H groups in total. The molecule has 0 heterocycles. The van der Waals surface area contributed by atoms with Crippen molar-refractivity contribution in [2.75, 3.05) is 0 Å². The lowest BCUT2D eigenvalue weighted by Gasteiger charge is -2.32. The molecule has 0 fully saturated rings. The molecule has 0 aromatic heterocycles. The van der Waals surface area contributed by atoms with Crippen LogP contribution in [0, 0.1) is 28.6 Å². The third-order valence-electron chi connectivity index (χ3n) is 2.25. The quantitative estimate of drug-likeness (QED) is 0.687. The van der Waals surface area contributed by atoms with Crippen LogP contribution in [0.3, 0.4) is 0 Å². The van der Waals surface area contributed by atoms with Gasteiger partial charge in [-0.3, -0.25) is 0 Å². The van der Waals surface area contributed by atoms with E-state index in [1.54, 1.807) is 0 Å². The van der Waals surface area contributed by atoms with Crippen LogP contribution < -0.4 is 5.73 Å². The molecule has 0 saturated heterocycles. The highest BCUT2D eigenvalue weighted by Crippen LogP contribution is 2.27. The normalized spacial score (nSPS) is 17.2. The van der Waals surface area contributed by atoms with Crippen LogP contribution in [0.4, 0.5) is 0 Å². The molecule has 0 aliphatic heterocycles. The van der Waals surface area contributed by atoms with E-state index in [2.05, 4.69) is 26.8 Å². The van der Waals surface area contributed by atoms with Crippen molar-refractivity contribution in [2.45, 2.75) is 40.7 Å². The van der Waals surface area contributed by atoms with Crippen molar-refractivity contribution in [1.29, 1.82) is 5.26 Å². The van der Waals surface area contributed by atoms with Crippen LogP contribution >= 0.6 is 0 Å². The Bertz CT molecular complexity index is 171. The van der Waals surface area contributed by atoms with Gasteiger partial charge in [-0.2, -0.15) is 5.26 Å². The second-order valence-electron chi connectivity index (χ2n) is 4.79. The fourth-order valence-electron chi connectivity index (χ4n) is 1.18. The number of nitrogens with zero attached hydrogens (tertiary/aromatic N) is 1. The molecule has 2 nitrogen and oxygen atoms in total. The minimum Gasteiger partial charge on any atom is -0.326 e. The second-order valence-corrected chi connectivity index (χ2v) is 4.79. The first-order valence-electron chi connectivity index (χ1n) is 4.46. The number of rotatable bonds is 2. The number of nitriles is 1. The van der Waals surface area contributed by atoms with Crippen molar-refractivity contribution in [3.63, 3.8) is 0 Å². The summed E-state index contributed by atoms with van der Waals surface area (Å²) in [5.74, 6) is 0.300. The highest BCUT2D eigenvalue weighted by molar-refractivity contribution is 4.97. The van der Waals surface area contributed by atoms with E-state index in [-0.39, 0.29) is 17.4 Å². The largest absolute Gasteiger partial charge is 0.326 e. The molecule has 0 spiro atoms. The SMILES string of the molecule is CC(C)C(C#N)C(N)C(C)(C)C. The summed E-state index contributed by atoms with van der Waals surface area (Å²) in [7, 11) is 0. The van der Waals surface area contributed by atoms with Crippen molar-refractivity contribution in [3.8, 4) is 6.07 Å². The summed E-state index contributed by atoms with van der Waals surface area (Å²) in [6.45, 7) is 10.3. The molecule has 0 aliphatic carbocycles. The third-order valence-corrected chi connectivity index (χ3v) is 2.25. The van der Waals surface area contributed by atoms with E-state index >= 15 is 0 Å². The van der Waals surface area contributed by atoms with Gasteiger partial charge in [-0.25, -0.2) is 0 Å². The zero-order valence-electron chi connectivity index (χ0n) is 8.76. The summed E-state index contributed by atoms with van der Waals surface area (Å²) < 4.78 is 0. The minimum atomic E-state index is -0.0394. The van der Waals surface area contributed by atoms with Crippen LogP contribution in [0.2, 0.25) is 0 Å². The highest BCUT2D eigenvalue weighted by Gasteiger charge is 2.30. The Kier molecular flexibility index (Phi) is 3.73. The van der Waals surface area contributed by atoms with Gasteiger partial charge < -0.3 is 5.73 Å². The topological polar surface area (TPSA) is 49.8 Å². The molecule has 0 aromatic carbocycles. The van der Waals surface area contributed by atoms with Crippen LogP contribution in [0.5, 0.6) is 0 Å².